The summed E-state index contributed by atoms with van der Waals surface area (Å²) in [6.45, 7) is 6.88. The Kier molecular flexibility index (Phi) is 9.96. The second-order valence-corrected chi connectivity index (χ2v) is 11.6. The lowest BCUT2D eigenvalue weighted by Crippen LogP contribution is -2.51. The SMILES string of the molecule is CC1C(CN2CCN(c3ncccn3)CC2)OC(c2ccc(NC(=O)NCc3ccccc3)cc2)OC1c1ccc(CO)cc1. The molecule has 2 fully saturated rings. The van der Waals surface area contributed by atoms with Crippen molar-refractivity contribution < 1.29 is 19.4 Å². The van der Waals surface area contributed by atoms with Gasteiger partial charge in [0.05, 0.1) is 18.8 Å². The summed E-state index contributed by atoms with van der Waals surface area (Å²) < 4.78 is 13.3. The minimum absolute atomic E-state index is 0.000377. The van der Waals surface area contributed by atoms with Crippen LogP contribution in [0.3, 0.4) is 0 Å². The Labute approximate surface area is 264 Å². The van der Waals surface area contributed by atoms with E-state index in [4.69, 9.17) is 9.47 Å². The van der Waals surface area contributed by atoms with E-state index in [0.29, 0.717) is 12.2 Å². The number of carbonyl (C=O) groups excluding carboxylic acids is 1. The molecule has 10 heteroatoms. The molecule has 2 aliphatic heterocycles. The van der Waals surface area contributed by atoms with Crippen LogP contribution in [0.5, 0.6) is 0 Å². The first-order valence-electron chi connectivity index (χ1n) is 15.5. The molecule has 4 atom stereocenters. The molecule has 4 unspecified atom stereocenters. The number of carbonyl (C=O) groups is 1. The van der Waals surface area contributed by atoms with Crippen LogP contribution in [0.2, 0.25) is 0 Å². The zero-order valence-electron chi connectivity index (χ0n) is 25.5. The predicted molar refractivity (Wildman–Crippen MR) is 172 cm³/mol. The van der Waals surface area contributed by atoms with Gasteiger partial charge in [-0.1, -0.05) is 73.7 Å². The van der Waals surface area contributed by atoms with Crippen molar-refractivity contribution >= 4 is 17.7 Å². The molecule has 0 radical (unpaired) electrons. The van der Waals surface area contributed by atoms with Crippen molar-refractivity contribution in [3.05, 3.63) is 120 Å². The van der Waals surface area contributed by atoms with Crippen LogP contribution in [0.25, 0.3) is 0 Å². The Balaban J connectivity index is 1.12. The van der Waals surface area contributed by atoms with Crippen molar-refractivity contribution in [3.63, 3.8) is 0 Å². The van der Waals surface area contributed by atoms with Gasteiger partial charge in [0.25, 0.3) is 0 Å². The number of nitrogens with zero attached hydrogens (tertiary/aromatic N) is 4. The number of rotatable bonds is 9. The zero-order valence-corrected chi connectivity index (χ0v) is 25.5. The van der Waals surface area contributed by atoms with Crippen LogP contribution in [0, 0.1) is 5.92 Å². The van der Waals surface area contributed by atoms with E-state index >= 15 is 0 Å². The van der Waals surface area contributed by atoms with E-state index in [1.54, 1.807) is 12.4 Å². The Bertz CT molecular complexity index is 1500. The highest BCUT2D eigenvalue weighted by molar-refractivity contribution is 5.89. The summed E-state index contributed by atoms with van der Waals surface area (Å²) in [6.07, 6.45) is 2.72. The number of aromatic nitrogens is 2. The second-order valence-electron chi connectivity index (χ2n) is 11.6. The van der Waals surface area contributed by atoms with Gasteiger partial charge in [-0.2, -0.15) is 0 Å². The Hall–Kier alpha value is -4.35. The monoisotopic (exact) mass is 608 g/mol. The Morgan fingerprint density at radius 1 is 0.844 bits per heavy atom. The lowest BCUT2D eigenvalue weighted by Gasteiger charge is -2.44. The molecule has 4 aromatic rings. The van der Waals surface area contributed by atoms with Crippen LogP contribution >= 0.6 is 0 Å². The molecule has 2 amide bonds. The molecule has 234 valence electrons. The number of piperazine rings is 1. The minimum atomic E-state index is -0.575. The molecule has 3 N–H and O–H groups in total. The van der Waals surface area contributed by atoms with Gasteiger partial charge >= 0.3 is 6.03 Å². The van der Waals surface area contributed by atoms with Gasteiger partial charge in [0.15, 0.2) is 6.29 Å². The van der Waals surface area contributed by atoms with Gasteiger partial charge in [0, 0.05) is 68.8 Å². The molecule has 10 nitrogen and oxygen atoms in total. The molecule has 3 aromatic carbocycles. The molecule has 2 saturated heterocycles. The third-order valence-electron chi connectivity index (χ3n) is 8.51. The molecule has 0 spiro atoms. The summed E-state index contributed by atoms with van der Waals surface area (Å²) in [6, 6.07) is 26.9. The first kappa shape index (κ1) is 30.7. The highest BCUT2D eigenvalue weighted by Gasteiger charge is 2.39. The van der Waals surface area contributed by atoms with Crippen LogP contribution < -0.4 is 15.5 Å². The van der Waals surface area contributed by atoms with Crippen LogP contribution in [0.4, 0.5) is 16.4 Å². The second kappa shape index (κ2) is 14.6. The number of anilines is 2. The molecule has 45 heavy (non-hydrogen) atoms. The van der Waals surface area contributed by atoms with Crippen molar-refractivity contribution in [2.75, 3.05) is 42.9 Å². The summed E-state index contributed by atoms with van der Waals surface area (Å²) in [5, 5.41) is 15.3. The molecule has 0 aliphatic carbocycles. The summed E-state index contributed by atoms with van der Waals surface area (Å²) in [4.78, 5) is 26.0. The van der Waals surface area contributed by atoms with Crippen molar-refractivity contribution in [2.45, 2.75) is 38.6 Å². The predicted octanol–water partition coefficient (Wildman–Crippen LogP) is 4.90. The van der Waals surface area contributed by atoms with E-state index in [1.807, 2.05) is 84.9 Å². The van der Waals surface area contributed by atoms with Crippen molar-refractivity contribution in [1.82, 2.24) is 20.2 Å². The van der Waals surface area contributed by atoms with Crippen molar-refractivity contribution in [3.8, 4) is 0 Å². The summed E-state index contributed by atoms with van der Waals surface area (Å²) in [5.41, 5.74) is 4.51. The molecule has 3 heterocycles. The molecule has 6 rings (SSSR count). The molecule has 0 bridgehead atoms. The maximum absolute atomic E-state index is 12.5. The van der Waals surface area contributed by atoms with Gasteiger partial charge in [-0.25, -0.2) is 14.8 Å². The van der Waals surface area contributed by atoms with E-state index in [1.165, 1.54) is 0 Å². The van der Waals surface area contributed by atoms with Gasteiger partial charge < -0.3 is 30.1 Å². The Morgan fingerprint density at radius 3 is 2.22 bits per heavy atom. The number of urea groups is 1. The fourth-order valence-electron chi connectivity index (χ4n) is 5.84. The quantitative estimate of drug-likeness (QED) is 0.246. The minimum Gasteiger partial charge on any atom is -0.392 e. The number of benzene rings is 3. The average molecular weight is 609 g/mol. The third-order valence-corrected chi connectivity index (χ3v) is 8.51. The molecule has 2 aliphatic rings. The normalized spacial score (nSPS) is 22.1. The van der Waals surface area contributed by atoms with E-state index in [0.717, 1.165) is 60.9 Å². The summed E-state index contributed by atoms with van der Waals surface area (Å²) in [5.74, 6) is 0.858. The summed E-state index contributed by atoms with van der Waals surface area (Å²) in [7, 11) is 0. The first-order chi connectivity index (χ1) is 22.1. The van der Waals surface area contributed by atoms with Gasteiger partial charge in [-0.15, -0.1) is 0 Å². The zero-order chi connectivity index (χ0) is 31.0. The topological polar surface area (TPSA) is 112 Å². The number of hydrogen-bond donors (Lipinski definition) is 3. The first-order valence-corrected chi connectivity index (χ1v) is 15.5. The van der Waals surface area contributed by atoms with Gasteiger partial charge in [0.2, 0.25) is 5.95 Å². The lowest BCUT2D eigenvalue weighted by molar-refractivity contribution is -0.276. The maximum atomic E-state index is 12.5. The highest BCUT2D eigenvalue weighted by atomic mass is 16.7. The number of aliphatic hydroxyl groups is 1. The molecule has 0 saturated carbocycles. The van der Waals surface area contributed by atoms with E-state index in [-0.39, 0.29) is 30.8 Å². The van der Waals surface area contributed by atoms with Crippen LogP contribution in [0.15, 0.2) is 97.3 Å². The van der Waals surface area contributed by atoms with Crippen LogP contribution in [-0.4, -0.2) is 64.8 Å². The standard InChI is InChI=1S/C35H40N6O4/c1-25-31(23-40-18-20-41(21-19-40)34-36-16-5-17-37-34)44-33(45-32(25)28-10-8-27(24-42)9-11-28)29-12-14-30(15-13-29)39-35(43)38-22-26-6-3-2-4-7-26/h2-17,25,31-33,42H,18-24H2,1H3,(H2,38,39,43). The van der Waals surface area contributed by atoms with Gasteiger partial charge in [0.1, 0.15) is 0 Å². The fourth-order valence-corrected chi connectivity index (χ4v) is 5.84. The maximum Gasteiger partial charge on any atom is 0.319 e. The number of nitrogens with one attached hydrogen (secondary N) is 2. The van der Waals surface area contributed by atoms with E-state index in [2.05, 4.69) is 37.3 Å². The number of amides is 2. The van der Waals surface area contributed by atoms with Gasteiger partial charge in [-0.3, -0.25) is 4.90 Å². The van der Waals surface area contributed by atoms with E-state index < -0.39 is 6.29 Å². The number of hydrogen-bond acceptors (Lipinski definition) is 8. The summed E-state index contributed by atoms with van der Waals surface area (Å²) >= 11 is 0. The smallest absolute Gasteiger partial charge is 0.319 e. The van der Waals surface area contributed by atoms with Gasteiger partial charge in [-0.05, 0) is 34.9 Å². The highest BCUT2D eigenvalue weighted by Crippen LogP contribution is 2.42. The largest absolute Gasteiger partial charge is 0.392 e. The molecular weight excluding hydrogens is 568 g/mol. The Morgan fingerprint density at radius 2 is 1.53 bits per heavy atom. The van der Waals surface area contributed by atoms with E-state index in [9.17, 15) is 9.90 Å². The number of aliphatic hydroxyl groups excluding tert-OH is 1. The van der Waals surface area contributed by atoms with Crippen molar-refractivity contribution in [1.29, 1.82) is 0 Å². The van der Waals surface area contributed by atoms with Crippen molar-refractivity contribution in [2.24, 2.45) is 5.92 Å². The number of ether oxygens (including phenoxy) is 2. The lowest BCUT2D eigenvalue weighted by atomic mass is 9.90. The average Bonchev–Trinajstić information content (AvgIpc) is 3.10. The van der Waals surface area contributed by atoms with Crippen LogP contribution in [0.1, 0.15) is 41.6 Å². The third kappa shape index (κ3) is 7.84. The fraction of sp³-hybridized carbons (Fsp3) is 0.343. The van der Waals surface area contributed by atoms with Crippen LogP contribution in [-0.2, 0) is 22.6 Å². The molecule has 1 aromatic heterocycles. The molecular formula is C35H40N6O4.